The van der Waals surface area contributed by atoms with Crippen LogP contribution in [0.5, 0.6) is 0 Å². The first-order valence-electron chi connectivity index (χ1n) is 7.00. The molecule has 0 aromatic carbocycles. The first kappa shape index (κ1) is 16.4. The Morgan fingerprint density at radius 2 is 1.96 bits per heavy atom. The number of sulfonamides is 1. The zero-order valence-electron chi connectivity index (χ0n) is 12.7. The highest BCUT2D eigenvalue weighted by Crippen LogP contribution is 2.29. The fraction of sp³-hybridized carbons (Fsp3) is 0.667. The number of carbonyl (C=O) groups excluding carboxylic acids is 1. The molecule has 0 radical (unpaired) electrons. The molecule has 1 aromatic heterocycles. The molecule has 1 amide bonds. The molecule has 0 spiro atoms. The van der Waals surface area contributed by atoms with Crippen molar-refractivity contribution in [1.82, 2.24) is 14.4 Å². The van der Waals surface area contributed by atoms with Crippen LogP contribution in [0.15, 0.2) is 10.6 Å². The average Bonchev–Trinajstić information content (AvgIpc) is 2.97. The van der Waals surface area contributed by atoms with Crippen LogP contribution in [0.4, 0.5) is 0 Å². The van der Waals surface area contributed by atoms with Gasteiger partial charge in [0, 0.05) is 19.2 Å². The van der Waals surface area contributed by atoms with E-state index in [-0.39, 0.29) is 30.4 Å². The van der Waals surface area contributed by atoms with Gasteiger partial charge in [0.15, 0.2) is 9.84 Å². The third kappa shape index (κ3) is 3.00. The summed E-state index contributed by atoms with van der Waals surface area (Å²) in [4.78, 5) is 13.9. The number of nitrogens with zero attached hydrogens (tertiary/aromatic N) is 3. The summed E-state index contributed by atoms with van der Waals surface area (Å²) in [6.07, 6.45) is 1.05. The van der Waals surface area contributed by atoms with Crippen LogP contribution in [0.25, 0.3) is 0 Å². The van der Waals surface area contributed by atoms with Gasteiger partial charge in [0.05, 0.1) is 35.5 Å². The summed E-state index contributed by atoms with van der Waals surface area (Å²) in [7, 11) is -6.96. The van der Waals surface area contributed by atoms with E-state index in [4.69, 9.17) is 4.52 Å². The molecular weight excluding hydrogens is 346 g/mol. The minimum absolute atomic E-state index is 0.0263. The van der Waals surface area contributed by atoms with Crippen molar-refractivity contribution < 1.29 is 26.2 Å². The van der Waals surface area contributed by atoms with Gasteiger partial charge >= 0.3 is 0 Å². The standard InChI is InChI=1S/C12H17N3O6S2/c1-8-5-11(21-13-8)12(16)14-3-4-15(22(2,17)18)10-7-23(19,20)6-9(10)14/h5,9-10H,3-4,6-7H2,1-2H3/t9-,10+/m1/s1. The molecule has 3 rings (SSSR count). The molecule has 2 saturated heterocycles. The molecule has 2 fully saturated rings. The highest BCUT2D eigenvalue weighted by atomic mass is 32.2. The molecule has 2 aliphatic rings. The van der Waals surface area contributed by atoms with Crippen molar-refractivity contribution in [2.75, 3.05) is 30.9 Å². The molecule has 0 N–H and O–H groups in total. The van der Waals surface area contributed by atoms with Crippen molar-refractivity contribution in [2.45, 2.75) is 19.0 Å². The fourth-order valence-electron chi connectivity index (χ4n) is 3.19. The number of fused-ring (bicyclic) bond motifs is 1. The average molecular weight is 363 g/mol. The van der Waals surface area contributed by atoms with Crippen LogP contribution in [-0.2, 0) is 19.9 Å². The van der Waals surface area contributed by atoms with Gasteiger partial charge in [0.1, 0.15) is 0 Å². The van der Waals surface area contributed by atoms with Gasteiger partial charge in [-0.1, -0.05) is 5.16 Å². The van der Waals surface area contributed by atoms with E-state index < -0.39 is 37.9 Å². The minimum atomic E-state index is -3.54. The maximum absolute atomic E-state index is 12.6. The number of aromatic nitrogens is 1. The second-order valence-corrected chi connectivity index (χ2v) is 10.0. The van der Waals surface area contributed by atoms with E-state index in [1.807, 2.05) is 0 Å². The molecule has 3 heterocycles. The predicted octanol–water partition coefficient (Wildman–Crippen LogP) is -1.13. The van der Waals surface area contributed by atoms with Crippen LogP contribution in [0.2, 0.25) is 0 Å². The molecule has 0 saturated carbocycles. The SMILES string of the molecule is Cc1cc(C(=O)N2CCN(S(C)(=O)=O)[C@H]3CS(=O)(=O)C[C@H]32)on1. The maximum Gasteiger partial charge on any atom is 0.292 e. The number of piperazine rings is 1. The van der Waals surface area contributed by atoms with Crippen LogP contribution >= 0.6 is 0 Å². The highest BCUT2D eigenvalue weighted by Gasteiger charge is 2.51. The molecule has 9 nitrogen and oxygen atoms in total. The van der Waals surface area contributed by atoms with Crippen LogP contribution in [0, 0.1) is 6.92 Å². The molecule has 0 aliphatic carbocycles. The van der Waals surface area contributed by atoms with Crippen LogP contribution < -0.4 is 0 Å². The Morgan fingerprint density at radius 3 is 2.52 bits per heavy atom. The molecule has 11 heteroatoms. The number of aryl methyl sites for hydroxylation is 1. The summed E-state index contributed by atoms with van der Waals surface area (Å²) in [6.45, 7) is 1.85. The van der Waals surface area contributed by atoms with Crippen molar-refractivity contribution in [1.29, 1.82) is 0 Å². The fourth-order valence-corrected chi connectivity index (χ4v) is 6.39. The largest absolute Gasteiger partial charge is 0.351 e. The summed E-state index contributed by atoms with van der Waals surface area (Å²) >= 11 is 0. The Morgan fingerprint density at radius 1 is 1.30 bits per heavy atom. The third-order valence-corrected chi connectivity index (χ3v) is 7.15. The van der Waals surface area contributed by atoms with Crippen molar-refractivity contribution in [3.8, 4) is 0 Å². The van der Waals surface area contributed by atoms with Gasteiger partial charge in [0.25, 0.3) is 5.91 Å². The van der Waals surface area contributed by atoms with Gasteiger partial charge < -0.3 is 9.42 Å². The molecule has 128 valence electrons. The monoisotopic (exact) mass is 363 g/mol. The number of rotatable bonds is 2. The Hall–Kier alpha value is -1.46. The summed E-state index contributed by atoms with van der Waals surface area (Å²) in [5.41, 5.74) is 0.540. The van der Waals surface area contributed by atoms with E-state index in [2.05, 4.69) is 5.16 Å². The smallest absolute Gasteiger partial charge is 0.292 e. The van der Waals surface area contributed by atoms with Crippen molar-refractivity contribution in [2.24, 2.45) is 0 Å². The lowest BCUT2D eigenvalue weighted by atomic mass is 10.1. The van der Waals surface area contributed by atoms with Gasteiger partial charge in [-0.05, 0) is 6.92 Å². The van der Waals surface area contributed by atoms with Gasteiger partial charge in [-0.15, -0.1) is 0 Å². The zero-order chi connectivity index (χ0) is 17.0. The van der Waals surface area contributed by atoms with E-state index in [1.165, 1.54) is 15.3 Å². The minimum Gasteiger partial charge on any atom is -0.351 e. The predicted molar refractivity (Wildman–Crippen MR) is 80.1 cm³/mol. The first-order chi connectivity index (χ1) is 10.6. The quantitative estimate of drug-likeness (QED) is 0.652. The number of carbonyl (C=O) groups is 1. The van der Waals surface area contributed by atoms with E-state index in [9.17, 15) is 21.6 Å². The van der Waals surface area contributed by atoms with Gasteiger partial charge in [-0.2, -0.15) is 4.31 Å². The molecule has 2 atom stereocenters. The Kier molecular flexibility index (Phi) is 3.76. The van der Waals surface area contributed by atoms with E-state index in [1.54, 1.807) is 6.92 Å². The summed E-state index contributed by atoms with van der Waals surface area (Å²) in [6, 6.07) is 0.0158. The van der Waals surface area contributed by atoms with E-state index in [0.717, 1.165) is 6.26 Å². The molecule has 2 aliphatic heterocycles. The van der Waals surface area contributed by atoms with E-state index >= 15 is 0 Å². The number of sulfone groups is 1. The lowest BCUT2D eigenvalue weighted by Gasteiger charge is -2.42. The highest BCUT2D eigenvalue weighted by molar-refractivity contribution is 7.92. The molecule has 0 unspecified atom stereocenters. The maximum atomic E-state index is 12.6. The van der Waals surface area contributed by atoms with E-state index in [0.29, 0.717) is 5.69 Å². The van der Waals surface area contributed by atoms with Crippen LogP contribution in [-0.4, -0.2) is 80.0 Å². The normalized spacial score (nSPS) is 27.8. The molecule has 0 bridgehead atoms. The van der Waals surface area contributed by atoms with Gasteiger partial charge in [-0.3, -0.25) is 4.79 Å². The summed E-state index contributed by atoms with van der Waals surface area (Å²) in [5.74, 6) is -0.962. The zero-order valence-corrected chi connectivity index (χ0v) is 14.3. The number of hydrogen-bond donors (Lipinski definition) is 0. The van der Waals surface area contributed by atoms with Crippen molar-refractivity contribution in [3.05, 3.63) is 17.5 Å². The van der Waals surface area contributed by atoms with Crippen LogP contribution in [0.3, 0.4) is 0 Å². The van der Waals surface area contributed by atoms with Crippen molar-refractivity contribution in [3.63, 3.8) is 0 Å². The second-order valence-electron chi connectivity index (χ2n) is 5.92. The number of hydrogen-bond acceptors (Lipinski definition) is 7. The number of amides is 1. The van der Waals surface area contributed by atoms with Crippen molar-refractivity contribution >= 4 is 25.8 Å². The Balaban J connectivity index is 1.94. The lowest BCUT2D eigenvalue weighted by molar-refractivity contribution is 0.0477. The Labute approximate surface area is 134 Å². The lowest BCUT2D eigenvalue weighted by Crippen LogP contribution is -2.61. The second kappa shape index (κ2) is 5.28. The molecule has 23 heavy (non-hydrogen) atoms. The topological polar surface area (TPSA) is 118 Å². The summed E-state index contributed by atoms with van der Waals surface area (Å²) in [5, 5.41) is 3.65. The van der Waals surface area contributed by atoms with Crippen LogP contribution in [0.1, 0.15) is 16.2 Å². The molecule has 1 aromatic rings. The van der Waals surface area contributed by atoms with Gasteiger partial charge in [0.2, 0.25) is 15.8 Å². The summed E-state index contributed by atoms with van der Waals surface area (Å²) < 4.78 is 53.9. The Bertz CT molecular complexity index is 844. The first-order valence-corrected chi connectivity index (χ1v) is 10.7. The molecular formula is C12H17N3O6S2. The third-order valence-electron chi connectivity index (χ3n) is 4.15. The van der Waals surface area contributed by atoms with Gasteiger partial charge in [-0.25, -0.2) is 16.8 Å².